The van der Waals surface area contributed by atoms with Crippen molar-refractivity contribution in [3.05, 3.63) is 35.9 Å². The van der Waals surface area contributed by atoms with Gasteiger partial charge in [0.15, 0.2) is 0 Å². The zero-order chi connectivity index (χ0) is 11.6. The summed E-state index contributed by atoms with van der Waals surface area (Å²) < 4.78 is 0. The fraction of sp³-hybridized carbons (Fsp3) is 0.571. The van der Waals surface area contributed by atoms with Gasteiger partial charge in [0.25, 0.3) is 0 Å². The molecular weight excluding hydrogens is 198 g/mol. The largest absolute Gasteiger partial charge is 0.392 e. The Kier molecular flexibility index (Phi) is 6.86. The lowest BCUT2D eigenvalue weighted by Gasteiger charge is -2.10. The molecule has 0 bridgehead atoms. The molecule has 16 heavy (non-hydrogen) atoms. The summed E-state index contributed by atoms with van der Waals surface area (Å²) in [6.45, 7) is 3.80. The molecule has 1 unspecified atom stereocenters. The second-order valence-corrected chi connectivity index (χ2v) is 4.24. The van der Waals surface area contributed by atoms with Gasteiger partial charge in [0.1, 0.15) is 0 Å². The highest BCUT2D eigenvalue weighted by Gasteiger charge is 2.00. The first-order valence-electron chi connectivity index (χ1n) is 6.25. The number of aliphatic hydroxyl groups is 1. The van der Waals surface area contributed by atoms with E-state index in [-0.39, 0.29) is 6.10 Å². The molecule has 1 atom stereocenters. The van der Waals surface area contributed by atoms with Crippen LogP contribution < -0.4 is 5.32 Å². The van der Waals surface area contributed by atoms with Crippen molar-refractivity contribution >= 4 is 0 Å². The minimum atomic E-state index is -0.179. The molecule has 0 aliphatic rings. The van der Waals surface area contributed by atoms with Gasteiger partial charge in [-0.1, -0.05) is 43.7 Å². The smallest absolute Gasteiger partial charge is 0.0664 e. The van der Waals surface area contributed by atoms with Crippen LogP contribution in [0.2, 0.25) is 0 Å². The normalized spacial score (nSPS) is 12.6. The maximum atomic E-state index is 9.50. The van der Waals surface area contributed by atoms with Gasteiger partial charge in [-0.25, -0.2) is 0 Å². The van der Waals surface area contributed by atoms with E-state index in [0.29, 0.717) is 0 Å². The summed E-state index contributed by atoms with van der Waals surface area (Å²) in [4.78, 5) is 0. The molecule has 2 nitrogen and oxygen atoms in total. The molecule has 2 N–H and O–H groups in total. The van der Waals surface area contributed by atoms with Crippen LogP contribution in [0, 0.1) is 0 Å². The van der Waals surface area contributed by atoms with E-state index in [9.17, 15) is 5.11 Å². The first-order chi connectivity index (χ1) is 7.83. The Morgan fingerprint density at radius 2 is 2.00 bits per heavy atom. The van der Waals surface area contributed by atoms with Gasteiger partial charge in [-0.05, 0) is 31.4 Å². The van der Waals surface area contributed by atoms with Crippen molar-refractivity contribution < 1.29 is 5.11 Å². The first-order valence-corrected chi connectivity index (χ1v) is 6.25. The van der Waals surface area contributed by atoms with E-state index in [1.165, 1.54) is 5.56 Å². The zero-order valence-corrected chi connectivity index (χ0v) is 10.2. The van der Waals surface area contributed by atoms with Crippen LogP contribution in [-0.2, 0) is 6.42 Å². The van der Waals surface area contributed by atoms with Gasteiger partial charge in [0.05, 0.1) is 6.10 Å². The summed E-state index contributed by atoms with van der Waals surface area (Å²) in [6, 6.07) is 10.5. The van der Waals surface area contributed by atoms with Crippen molar-refractivity contribution in [1.82, 2.24) is 5.32 Å². The lowest BCUT2D eigenvalue weighted by molar-refractivity contribution is 0.161. The van der Waals surface area contributed by atoms with Gasteiger partial charge in [0, 0.05) is 6.54 Å². The Balaban J connectivity index is 2.00. The SMILES string of the molecule is CCCC(O)CNCCCc1ccccc1. The van der Waals surface area contributed by atoms with Crippen LogP contribution in [0.25, 0.3) is 0 Å². The highest BCUT2D eigenvalue weighted by atomic mass is 16.3. The van der Waals surface area contributed by atoms with Crippen LogP contribution in [0.15, 0.2) is 30.3 Å². The highest BCUT2D eigenvalue weighted by molar-refractivity contribution is 5.14. The highest BCUT2D eigenvalue weighted by Crippen LogP contribution is 2.01. The second kappa shape index (κ2) is 8.31. The third kappa shape index (κ3) is 5.89. The van der Waals surface area contributed by atoms with Crippen LogP contribution in [0.5, 0.6) is 0 Å². The maximum Gasteiger partial charge on any atom is 0.0664 e. The summed E-state index contributed by atoms with van der Waals surface area (Å²) in [7, 11) is 0. The van der Waals surface area contributed by atoms with Gasteiger partial charge in [-0.2, -0.15) is 0 Å². The molecule has 0 aliphatic carbocycles. The van der Waals surface area contributed by atoms with Crippen molar-refractivity contribution in [3.8, 4) is 0 Å². The van der Waals surface area contributed by atoms with Crippen LogP contribution in [-0.4, -0.2) is 24.3 Å². The number of rotatable bonds is 8. The second-order valence-electron chi connectivity index (χ2n) is 4.24. The van der Waals surface area contributed by atoms with Gasteiger partial charge in [0.2, 0.25) is 0 Å². The standard InChI is InChI=1S/C14H23NO/c1-2-7-14(16)12-15-11-6-10-13-8-4-3-5-9-13/h3-5,8-9,14-16H,2,6-7,10-12H2,1H3. The summed E-state index contributed by atoms with van der Waals surface area (Å²) in [5.74, 6) is 0. The molecule has 1 rings (SSSR count). The van der Waals surface area contributed by atoms with Crippen molar-refractivity contribution in [2.75, 3.05) is 13.1 Å². The third-order valence-corrected chi connectivity index (χ3v) is 2.66. The average Bonchev–Trinajstić information content (AvgIpc) is 2.30. The summed E-state index contributed by atoms with van der Waals surface area (Å²) in [6.07, 6.45) is 4.00. The predicted molar refractivity (Wildman–Crippen MR) is 68.5 cm³/mol. The number of benzene rings is 1. The lowest BCUT2D eigenvalue weighted by atomic mass is 10.1. The van der Waals surface area contributed by atoms with E-state index in [1.54, 1.807) is 0 Å². The van der Waals surface area contributed by atoms with E-state index in [1.807, 2.05) is 6.07 Å². The molecule has 0 spiro atoms. The summed E-state index contributed by atoms with van der Waals surface area (Å²) >= 11 is 0. The molecule has 1 aromatic carbocycles. The van der Waals surface area contributed by atoms with E-state index in [0.717, 1.165) is 38.8 Å². The Morgan fingerprint density at radius 3 is 2.69 bits per heavy atom. The van der Waals surface area contributed by atoms with E-state index < -0.39 is 0 Å². The summed E-state index contributed by atoms with van der Waals surface area (Å²) in [5.41, 5.74) is 1.39. The number of hydrogen-bond donors (Lipinski definition) is 2. The molecule has 2 heteroatoms. The molecule has 0 saturated carbocycles. The van der Waals surface area contributed by atoms with Crippen molar-refractivity contribution in [2.24, 2.45) is 0 Å². The minimum Gasteiger partial charge on any atom is -0.392 e. The van der Waals surface area contributed by atoms with Crippen molar-refractivity contribution in [2.45, 2.75) is 38.7 Å². The molecule has 0 aliphatic heterocycles. The molecule has 0 radical (unpaired) electrons. The van der Waals surface area contributed by atoms with E-state index in [4.69, 9.17) is 0 Å². The molecular formula is C14H23NO. The van der Waals surface area contributed by atoms with Crippen LogP contribution in [0.1, 0.15) is 31.7 Å². The fourth-order valence-electron chi connectivity index (χ4n) is 1.77. The number of hydrogen-bond acceptors (Lipinski definition) is 2. The topological polar surface area (TPSA) is 32.3 Å². The van der Waals surface area contributed by atoms with E-state index in [2.05, 4.69) is 36.5 Å². The van der Waals surface area contributed by atoms with Crippen LogP contribution >= 0.6 is 0 Å². The molecule has 0 fully saturated rings. The molecule has 0 heterocycles. The Labute approximate surface area is 98.7 Å². The van der Waals surface area contributed by atoms with E-state index >= 15 is 0 Å². The Hall–Kier alpha value is -0.860. The third-order valence-electron chi connectivity index (χ3n) is 2.66. The predicted octanol–water partition coefficient (Wildman–Crippen LogP) is 2.37. The molecule has 0 saturated heterocycles. The summed E-state index contributed by atoms with van der Waals surface area (Å²) in [5, 5.41) is 12.8. The minimum absolute atomic E-state index is 0.179. The molecule has 1 aromatic rings. The Morgan fingerprint density at radius 1 is 1.25 bits per heavy atom. The van der Waals surface area contributed by atoms with Crippen molar-refractivity contribution in [3.63, 3.8) is 0 Å². The molecule has 0 amide bonds. The van der Waals surface area contributed by atoms with Crippen LogP contribution in [0.4, 0.5) is 0 Å². The van der Waals surface area contributed by atoms with Gasteiger partial charge in [-0.3, -0.25) is 0 Å². The Bertz CT molecular complexity index is 261. The molecule has 90 valence electrons. The number of aryl methyl sites for hydroxylation is 1. The first kappa shape index (κ1) is 13.2. The van der Waals surface area contributed by atoms with Gasteiger partial charge >= 0.3 is 0 Å². The van der Waals surface area contributed by atoms with Crippen molar-refractivity contribution in [1.29, 1.82) is 0 Å². The quantitative estimate of drug-likeness (QED) is 0.661. The number of aliphatic hydroxyl groups excluding tert-OH is 1. The molecule has 0 aromatic heterocycles. The fourth-order valence-corrected chi connectivity index (χ4v) is 1.77. The monoisotopic (exact) mass is 221 g/mol. The average molecular weight is 221 g/mol. The lowest BCUT2D eigenvalue weighted by Crippen LogP contribution is -2.27. The van der Waals surface area contributed by atoms with Crippen LogP contribution in [0.3, 0.4) is 0 Å². The maximum absolute atomic E-state index is 9.50. The van der Waals surface area contributed by atoms with Gasteiger partial charge in [-0.15, -0.1) is 0 Å². The zero-order valence-electron chi connectivity index (χ0n) is 10.2. The number of nitrogens with one attached hydrogen (secondary N) is 1. The van der Waals surface area contributed by atoms with Gasteiger partial charge < -0.3 is 10.4 Å².